The predicted molar refractivity (Wildman–Crippen MR) is 85.0 cm³/mol. The molecule has 0 aliphatic heterocycles. The third-order valence-electron chi connectivity index (χ3n) is 3.70. The van der Waals surface area contributed by atoms with Gasteiger partial charge in [-0.2, -0.15) is 0 Å². The summed E-state index contributed by atoms with van der Waals surface area (Å²) in [6.07, 6.45) is 5.80. The quantitative estimate of drug-likeness (QED) is 0.872. The molecule has 0 aromatic carbocycles. The maximum atomic E-state index is 12.5. The predicted octanol–water partition coefficient (Wildman–Crippen LogP) is 2.06. The minimum absolute atomic E-state index is 0.0264. The summed E-state index contributed by atoms with van der Waals surface area (Å²) >= 11 is 0. The van der Waals surface area contributed by atoms with E-state index >= 15 is 0 Å². The van der Waals surface area contributed by atoms with Gasteiger partial charge in [-0.3, -0.25) is 4.79 Å². The van der Waals surface area contributed by atoms with Crippen LogP contribution in [0.1, 0.15) is 45.6 Å². The Labute approximate surface area is 128 Å². The summed E-state index contributed by atoms with van der Waals surface area (Å²) < 4.78 is 0. The number of hydrogen-bond donors (Lipinski definition) is 1. The first kappa shape index (κ1) is 17.6. The smallest absolute Gasteiger partial charge is 0.227 e. The van der Waals surface area contributed by atoms with Gasteiger partial charge in [-0.15, -0.1) is 0 Å². The van der Waals surface area contributed by atoms with Gasteiger partial charge in [0.25, 0.3) is 0 Å². The summed E-state index contributed by atoms with van der Waals surface area (Å²) in [5.41, 5.74) is 0.869. The van der Waals surface area contributed by atoms with E-state index in [2.05, 4.69) is 41.0 Å². The number of hydrogen-bond acceptors (Lipinski definition) is 4. The zero-order valence-corrected chi connectivity index (χ0v) is 14.1. The zero-order valence-electron chi connectivity index (χ0n) is 14.1. The van der Waals surface area contributed by atoms with Crippen LogP contribution in [-0.2, 0) is 4.79 Å². The van der Waals surface area contributed by atoms with Crippen molar-refractivity contribution in [1.82, 2.24) is 20.2 Å². The van der Waals surface area contributed by atoms with Crippen molar-refractivity contribution in [2.75, 3.05) is 20.6 Å². The van der Waals surface area contributed by atoms with Gasteiger partial charge in [0.2, 0.25) is 5.91 Å². The molecule has 1 rings (SSSR count). The number of amides is 1. The van der Waals surface area contributed by atoms with Crippen molar-refractivity contribution >= 4 is 5.91 Å². The minimum atomic E-state index is -0.240. The monoisotopic (exact) mass is 292 g/mol. The minimum Gasteiger partial charge on any atom is -0.352 e. The maximum Gasteiger partial charge on any atom is 0.227 e. The second-order valence-electron chi connectivity index (χ2n) is 6.91. The number of carbonyl (C=O) groups excluding carboxylic acids is 1. The third kappa shape index (κ3) is 5.79. The molecule has 1 aromatic heterocycles. The maximum absolute atomic E-state index is 12.5. The normalized spacial score (nSPS) is 14.8. The number of nitrogens with zero attached hydrogens (tertiary/aromatic N) is 3. The molecule has 0 saturated heterocycles. The van der Waals surface area contributed by atoms with E-state index in [0.29, 0.717) is 0 Å². The van der Waals surface area contributed by atoms with Crippen molar-refractivity contribution in [3.8, 4) is 0 Å². The molecule has 21 heavy (non-hydrogen) atoms. The lowest BCUT2D eigenvalue weighted by atomic mass is 9.84. The number of rotatable bonds is 6. The molecule has 0 aliphatic rings. The molecule has 0 unspecified atom stereocenters. The van der Waals surface area contributed by atoms with E-state index in [0.717, 1.165) is 18.5 Å². The molecule has 2 atom stereocenters. The molecule has 1 heterocycles. The Balaban J connectivity index is 2.71. The van der Waals surface area contributed by atoms with Crippen molar-refractivity contribution in [1.29, 1.82) is 0 Å². The molecule has 118 valence electrons. The van der Waals surface area contributed by atoms with Gasteiger partial charge < -0.3 is 10.2 Å². The molecule has 0 bridgehead atoms. The highest BCUT2D eigenvalue weighted by Gasteiger charge is 2.28. The van der Waals surface area contributed by atoms with E-state index in [1.165, 1.54) is 6.33 Å². The standard InChI is InChI=1S/C16H28N4O/c1-12(13-9-17-11-18-10-13)15(21)19-14(16(2,3)4)7-8-20(5)6/h9-12,14H,7-8H2,1-6H3,(H,19,21)/t12-,14-/m1/s1. The Kier molecular flexibility index (Phi) is 6.27. The van der Waals surface area contributed by atoms with E-state index in [1.54, 1.807) is 12.4 Å². The average molecular weight is 292 g/mol. The summed E-state index contributed by atoms with van der Waals surface area (Å²) in [6.45, 7) is 9.31. The number of aromatic nitrogens is 2. The molecule has 1 aromatic rings. The van der Waals surface area contributed by atoms with Crippen LogP contribution in [0.15, 0.2) is 18.7 Å². The Morgan fingerprint density at radius 3 is 2.33 bits per heavy atom. The van der Waals surface area contributed by atoms with Crippen molar-refractivity contribution in [3.63, 3.8) is 0 Å². The summed E-state index contributed by atoms with van der Waals surface area (Å²) in [5.74, 6) is -0.209. The van der Waals surface area contributed by atoms with Gasteiger partial charge in [-0.25, -0.2) is 9.97 Å². The number of carbonyl (C=O) groups is 1. The van der Waals surface area contributed by atoms with E-state index in [-0.39, 0.29) is 23.3 Å². The summed E-state index contributed by atoms with van der Waals surface area (Å²) in [7, 11) is 4.09. The molecule has 5 heteroatoms. The summed E-state index contributed by atoms with van der Waals surface area (Å²) in [4.78, 5) is 22.6. The van der Waals surface area contributed by atoms with Gasteiger partial charge in [0.05, 0.1) is 5.92 Å². The van der Waals surface area contributed by atoms with Gasteiger partial charge >= 0.3 is 0 Å². The Morgan fingerprint density at radius 2 is 1.86 bits per heavy atom. The van der Waals surface area contributed by atoms with Crippen LogP contribution < -0.4 is 5.32 Å². The molecular weight excluding hydrogens is 264 g/mol. The van der Waals surface area contributed by atoms with E-state index in [1.807, 2.05) is 21.0 Å². The molecule has 5 nitrogen and oxygen atoms in total. The van der Waals surface area contributed by atoms with Crippen LogP contribution in [-0.4, -0.2) is 47.5 Å². The fraction of sp³-hybridized carbons (Fsp3) is 0.688. The van der Waals surface area contributed by atoms with E-state index in [4.69, 9.17) is 0 Å². The van der Waals surface area contributed by atoms with Crippen LogP contribution in [0.4, 0.5) is 0 Å². The van der Waals surface area contributed by atoms with Gasteiger partial charge in [-0.05, 0) is 39.4 Å². The first-order valence-corrected chi connectivity index (χ1v) is 7.42. The van der Waals surface area contributed by atoms with Crippen LogP contribution in [0, 0.1) is 5.41 Å². The Bertz CT molecular complexity index is 439. The van der Waals surface area contributed by atoms with Gasteiger partial charge in [-0.1, -0.05) is 20.8 Å². The third-order valence-corrected chi connectivity index (χ3v) is 3.70. The highest BCUT2D eigenvalue weighted by molar-refractivity contribution is 5.83. The van der Waals surface area contributed by atoms with Gasteiger partial charge in [0.15, 0.2) is 0 Å². The van der Waals surface area contributed by atoms with Crippen LogP contribution >= 0.6 is 0 Å². The largest absolute Gasteiger partial charge is 0.352 e. The molecule has 0 radical (unpaired) electrons. The molecule has 0 aliphatic carbocycles. The first-order chi connectivity index (χ1) is 9.71. The second-order valence-corrected chi connectivity index (χ2v) is 6.91. The highest BCUT2D eigenvalue weighted by Crippen LogP contribution is 2.23. The van der Waals surface area contributed by atoms with Gasteiger partial charge in [0, 0.05) is 24.0 Å². The lowest BCUT2D eigenvalue weighted by Crippen LogP contribution is -2.46. The summed E-state index contributed by atoms with van der Waals surface area (Å²) in [5, 5.41) is 3.19. The van der Waals surface area contributed by atoms with Crippen LogP contribution in [0.5, 0.6) is 0 Å². The number of nitrogens with one attached hydrogen (secondary N) is 1. The molecule has 0 spiro atoms. The lowest BCUT2D eigenvalue weighted by molar-refractivity contribution is -0.123. The molecule has 0 saturated carbocycles. The van der Waals surface area contributed by atoms with Crippen molar-refractivity contribution < 1.29 is 4.79 Å². The Morgan fingerprint density at radius 1 is 1.29 bits per heavy atom. The van der Waals surface area contributed by atoms with Gasteiger partial charge in [0.1, 0.15) is 6.33 Å². The molecule has 1 N–H and O–H groups in total. The molecular formula is C16H28N4O. The topological polar surface area (TPSA) is 58.1 Å². The van der Waals surface area contributed by atoms with E-state index < -0.39 is 0 Å². The van der Waals surface area contributed by atoms with Crippen LogP contribution in [0.3, 0.4) is 0 Å². The first-order valence-electron chi connectivity index (χ1n) is 7.42. The molecule has 1 amide bonds. The highest BCUT2D eigenvalue weighted by atomic mass is 16.1. The fourth-order valence-electron chi connectivity index (χ4n) is 2.09. The fourth-order valence-corrected chi connectivity index (χ4v) is 2.09. The SMILES string of the molecule is C[C@@H](C(=O)N[C@H](CCN(C)C)C(C)(C)C)c1cncnc1. The second kappa shape index (κ2) is 7.50. The van der Waals surface area contributed by atoms with Crippen LogP contribution in [0.2, 0.25) is 0 Å². The van der Waals surface area contributed by atoms with E-state index in [9.17, 15) is 4.79 Å². The van der Waals surface area contributed by atoms with Crippen LogP contribution in [0.25, 0.3) is 0 Å². The Hall–Kier alpha value is -1.49. The molecule has 0 fully saturated rings. The van der Waals surface area contributed by atoms with Crippen molar-refractivity contribution in [3.05, 3.63) is 24.3 Å². The van der Waals surface area contributed by atoms with Crippen molar-refractivity contribution in [2.24, 2.45) is 5.41 Å². The lowest BCUT2D eigenvalue weighted by Gasteiger charge is -2.33. The zero-order chi connectivity index (χ0) is 16.0. The van der Waals surface area contributed by atoms with Crippen molar-refractivity contribution in [2.45, 2.75) is 46.1 Å². The summed E-state index contributed by atoms with van der Waals surface area (Å²) in [6, 6.07) is 0.138. The average Bonchev–Trinajstić information content (AvgIpc) is 2.41.